The Balaban J connectivity index is 2.09. The van der Waals surface area contributed by atoms with Crippen molar-refractivity contribution in [3.05, 3.63) is 0 Å². The zero-order valence-electron chi connectivity index (χ0n) is 7.74. The fraction of sp³-hybridized carbons (Fsp3) is 1.00. The summed E-state index contributed by atoms with van der Waals surface area (Å²) >= 11 is 0. The molecule has 3 nitrogen and oxygen atoms in total. The third-order valence-electron chi connectivity index (χ3n) is 2.67. The van der Waals surface area contributed by atoms with Crippen LogP contribution in [0.1, 0.15) is 25.7 Å². The molecule has 0 bridgehead atoms. The van der Waals surface area contributed by atoms with E-state index in [4.69, 9.17) is 10.2 Å². The largest absolute Gasteiger partial charge is 0.368 e. The van der Waals surface area contributed by atoms with Gasteiger partial charge in [0.25, 0.3) is 0 Å². The van der Waals surface area contributed by atoms with E-state index in [1.807, 2.05) is 0 Å². The number of likely N-dealkylation sites (tertiary alicyclic amines) is 1. The lowest BCUT2D eigenvalue weighted by molar-refractivity contribution is -0.0501. The van der Waals surface area contributed by atoms with E-state index in [1.54, 1.807) is 0 Å². The summed E-state index contributed by atoms with van der Waals surface area (Å²) in [6, 6.07) is 0. The minimum atomic E-state index is -1.11. The molecule has 1 rings (SSSR count). The van der Waals surface area contributed by atoms with Gasteiger partial charge in [0.15, 0.2) is 6.29 Å². The van der Waals surface area contributed by atoms with E-state index in [0.29, 0.717) is 12.3 Å². The van der Waals surface area contributed by atoms with Crippen LogP contribution in [0.3, 0.4) is 0 Å². The van der Waals surface area contributed by atoms with Gasteiger partial charge in [0.2, 0.25) is 0 Å². The lowest BCUT2D eigenvalue weighted by atomic mass is 9.92. The molecule has 12 heavy (non-hydrogen) atoms. The van der Waals surface area contributed by atoms with Gasteiger partial charge in [0, 0.05) is 0 Å². The average Bonchev–Trinajstić information content (AvgIpc) is 2.03. The molecule has 72 valence electrons. The van der Waals surface area contributed by atoms with Gasteiger partial charge in [-0.25, -0.2) is 0 Å². The Labute approximate surface area is 74.0 Å². The number of hydrogen-bond acceptors (Lipinski definition) is 3. The van der Waals surface area contributed by atoms with Gasteiger partial charge in [0.05, 0.1) is 0 Å². The summed E-state index contributed by atoms with van der Waals surface area (Å²) in [7, 11) is 2.14. The van der Waals surface area contributed by atoms with Crippen LogP contribution in [0, 0.1) is 5.92 Å². The Hall–Kier alpha value is -0.120. The second kappa shape index (κ2) is 4.80. The fourth-order valence-electron chi connectivity index (χ4n) is 1.74. The molecule has 0 amide bonds. The maximum Gasteiger partial charge on any atom is 0.151 e. The molecule has 1 aliphatic rings. The van der Waals surface area contributed by atoms with Gasteiger partial charge in [-0.1, -0.05) is 0 Å². The monoisotopic (exact) mass is 173 g/mol. The van der Waals surface area contributed by atoms with Crippen molar-refractivity contribution >= 4 is 0 Å². The van der Waals surface area contributed by atoms with Crippen molar-refractivity contribution in [2.24, 2.45) is 5.92 Å². The number of hydrogen-bond donors (Lipinski definition) is 2. The number of nitrogens with zero attached hydrogens (tertiary/aromatic N) is 1. The number of piperidine rings is 1. The molecule has 1 fully saturated rings. The molecule has 0 spiro atoms. The van der Waals surface area contributed by atoms with E-state index in [2.05, 4.69) is 11.9 Å². The quantitative estimate of drug-likeness (QED) is 0.608. The third kappa shape index (κ3) is 3.52. The molecule has 1 heterocycles. The summed E-state index contributed by atoms with van der Waals surface area (Å²) in [5.41, 5.74) is 0. The summed E-state index contributed by atoms with van der Waals surface area (Å²) < 4.78 is 0. The van der Waals surface area contributed by atoms with Crippen LogP contribution >= 0.6 is 0 Å². The van der Waals surface area contributed by atoms with Crippen LogP contribution in [0.4, 0.5) is 0 Å². The Morgan fingerprint density at radius 3 is 2.42 bits per heavy atom. The van der Waals surface area contributed by atoms with E-state index in [0.717, 1.165) is 19.5 Å². The SMILES string of the molecule is CN1CCC(CCC(O)O)CC1. The molecule has 0 aromatic rings. The molecule has 0 saturated carbocycles. The first-order valence-corrected chi connectivity index (χ1v) is 4.73. The van der Waals surface area contributed by atoms with Crippen LogP contribution in [0.5, 0.6) is 0 Å². The van der Waals surface area contributed by atoms with Gasteiger partial charge < -0.3 is 15.1 Å². The average molecular weight is 173 g/mol. The zero-order chi connectivity index (χ0) is 8.97. The summed E-state index contributed by atoms with van der Waals surface area (Å²) in [6.07, 6.45) is 2.82. The standard InChI is InChI=1S/C9H19NO2/c1-10-6-4-8(5-7-10)2-3-9(11)12/h8-9,11-12H,2-7H2,1H3. The highest BCUT2D eigenvalue weighted by molar-refractivity contribution is 4.69. The fourth-order valence-corrected chi connectivity index (χ4v) is 1.74. The minimum absolute atomic E-state index is 0.536. The predicted octanol–water partition coefficient (Wildman–Crippen LogP) is 0.419. The molecule has 0 atom stereocenters. The van der Waals surface area contributed by atoms with Crippen molar-refractivity contribution in [1.82, 2.24) is 4.90 Å². The highest BCUT2D eigenvalue weighted by atomic mass is 16.5. The van der Waals surface area contributed by atoms with Crippen LogP contribution in [-0.4, -0.2) is 41.5 Å². The first-order valence-electron chi connectivity index (χ1n) is 4.73. The van der Waals surface area contributed by atoms with E-state index in [1.165, 1.54) is 12.8 Å². The first-order chi connectivity index (χ1) is 5.68. The highest BCUT2D eigenvalue weighted by Gasteiger charge is 2.16. The normalized spacial score (nSPS) is 22.0. The van der Waals surface area contributed by atoms with Gasteiger partial charge in [-0.15, -0.1) is 0 Å². The maximum absolute atomic E-state index is 8.68. The van der Waals surface area contributed by atoms with Crippen molar-refractivity contribution in [1.29, 1.82) is 0 Å². The van der Waals surface area contributed by atoms with Gasteiger partial charge in [0.1, 0.15) is 0 Å². The molecule has 1 aliphatic heterocycles. The first kappa shape index (κ1) is 9.96. The lowest BCUT2D eigenvalue weighted by Gasteiger charge is -2.28. The summed E-state index contributed by atoms with van der Waals surface area (Å²) in [6.45, 7) is 2.32. The molecule has 0 radical (unpaired) electrons. The van der Waals surface area contributed by atoms with Crippen molar-refractivity contribution in [3.8, 4) is 0 Å². The number of aliphatic hydroxyl groups is 2. The van der Waals surface area contributed by atoms with Crippen molar-refractivity contribution in [2.45, 2.75) is 32.0 Å². The summed E-state index contributed by atoms with van der Waals surface area (Å²) in [4.78, 5) is 2.33. The second-order valence-electron chi connectivity index (χ2n) is 3.80. The Bertz CT molecular complexity index is 120. The van der Waals surface area contributed by atoms with Gasteiger partial charge in [-0.05, 0) is 51.7 Å². The second-order valence-corrected chi connectivity index (χ2v) is 3.80. The predicted molar refractivity (Wildman–Crippen MR) is 47.7 cm³/mol. The van der Waals surface area contributed by atoms with E-state index in [9.17, 15) is 0 Å². The van der Waals surface area contributed by atoms with Crippen LogP contribution in [0.2, 0.25) is 0 Å². The van der Waals surface area contributed by atoms with Crippen molar-refractivity contribution < 1.29 is 10.2 Å². The van der Waals surface area contributed by atoms with Crippen molar-refractivity contribution in [2.75, 3.05) is 20.1 Å². The smallest absolute Gasteiger partial charge is 0.151 e. The minimum Gasteiger partial charge on any atom is -0.368 e. The maximum atomic E-state index is 8.68. The van der Waals surface area contributed by atoms with E-state index < -0.39 is 6.29 Å². The van der Waals surface area contributed by atoms with E-state index in [-0.39, 0.29) is 0 Å². The molecule has 1 saturated heterocycles. The zero-order valence-corrected chi connectivity index (χ0v) is 7.74. The molecule has 2 N–H and O–H groups in total. The van der Waals surface area contributed by atoms with E-state index >= 15 is 0 Å². The van der Waals surface area contributed by atoms with Crippen LogP contribution in [0.25, 0.3) is 0 Å². The topological polar surface area (TPSA) is 43.7 Å². The van der Waals surface area contributed by atoms with Crippen LogP contribution in [0.15, 0.2) is 0 Å². The summed E-state index contributed by atoms with van der Waals surface area (Å²) in [5.74, 6) is 0.711. The Morgan fingerprint density at radius 1 is 1.33 bits per heavy atom. The highest BCUT2D eigenvalue weighted by Crippen LogP contribution is 2.21. The molecule has 0 aromatic heterocycles. The van der Waals surface area contributed by atoms with Gasteiger partial charge in [-0.2, -0.15) is 0 Å². The van der Waals surface area contributed by atoms with Crippen LogP contribution < -0.4 is 0 Å². The number of rotatable bonds is 3. The van der Waals surface area contributed by atoms with Gasteiger partial charge >= 0.3 is 0 Å². The Morgan fingerprint density at radius 2 is 1.92 bits per heavy atom. The summed E-state index contributed by atoms with van der Waals surface area (Å²) in [5, 5.41) is 17.4. The molecule has 0 aliphatic carbocycles. The molecular formula is C9H19NO2. The number of aliphatic hydroxyl groups excluding tert-OH is 1. The van der Waals surface area contributed by atoms with Gasteiger partial charge in [-0.3, -0.25) is 0 Å². The molecule has 0 unspecified atom stereocenters. The van der Waals surface area contributed by atoms with Crippen LogP contribution in [-0.2, 0) is 0 Å². The van der Waals surface area contributed by atoms with Crippen molar-refractivity contribution in [3.63, 3.8) is 0 Å². The molecular weight excluding hydrogens is 154 g/mol. The lowest BCUT2D eigenvalue weighted by Crippen LogP contribution is -2.30. The molecule has 3 heteroatoms. The third-order valence-corrected chi connectivity index (χ3v) is 2.67. The molecule has 0 aromatic carbocycles. The Kier molecular flexibility index (Phi) is 3.98.